The van der Waals surface area contributed by atoms with Crippen LogP contribution >= 0.6 is 0 Å². The first-order chi connectivity index (χ1) is 18.5. The number of rotatable bonds is 11. The van der Waals surface area contributed by atoms with Crippen molar-refractivity contribution in [3.8, 4) is 0 Å². The number of anilines is 2. The lowest BCUT2D eigenvalue weighted by molar-refractivity contribution is -0.160. The quantitative estimate of drug-likeness (QED) is 0.247. The molecule has 2 aromatic heterocycles. The van der Waals surface area contributed by atoms with E-state index in [-0.39, 0.29) is 5.60 Å². The molecule has 0 aliphatic carbocycles. The molecule has 222 valence electrons. The number of aliphatic carboxylic acids is 1. The lowest BCUT2D eigenvalue weighted by Crippen LogP contribution is -2.45. The normalized spacial score (nSPS) is 16.6. The van der Waals surface area contributed by atoms with E-state index >= 15 is 0 Å². The van der Waals surface area contributed by atoms with Crippen LogP contribution in [0.3, 0.4) is 0 Å². The van der Waals surface area contributed by atoms with Crippen molar-refractivity contribution in [3.05, 3.63) is 36.0 Å². The molecule has 2 N–H and O–H groups in total. The van der Waals surface area contributed by atoms with E-state index in [1.54, 1.807) is 12.3 Å². The van der Waals surface area contributed by atoms with Crippen molar-refractivity contribution in [1.29, 1.82) is 0 Å². The number of hydrogen-bond donors (Lipinski definition) is 2. The molecule has 0 bridgehead atoms. The first-order valence-electron chi connectivity index (χ1n) is 13.9. The van der Waals surface area contributed by atoms with Crippen LogP contribution in [-0.2, 0) is 19.0 Å². The molecule has 3 rings (SSSR count). The van der Waals surface area contributed by atoms with Crippen LogP contribution in [0.15, 0.2) is 24.9 Å². The number of nitrogens with zero attached hydrogens (tertiary/aromatic N) is 3. The molecule has 2 aromatic rings. The Bertz CT molecular complexity index is 1220. The van der Waals surface area contributed by atoms with Gasteiger partial charge < -0.3 is 24.2 Å². The van der Waals surface area contributed by atoms with Crippen molar-refractivity contribution < 1.29 is 28.9 Å². The van der Waals surface area contributed by atoms with Gasteiger partial charge in [0.15, 0.2) is 11.9 Å². The minimum Gasteiger partial charge on any atom is -0.479 e. The van der Waals surface area contributed by atoms with E-state index in [0.29, 0.717) is 49.1 Å². The molecular weight excluding hydrogens is 528 g/mol. The van der Waals surface area contributed by atoms with E-state index in [4.69, 9.17) is 14.2 Å². The maximum absolute atomic E-state index is 12.6. The standard InChI is InChI=1S/C29H46N4O6Si/c1-10-15-38-29(6)11-13-32(14-12-29)25-23(24(26(34)35)39-28(3,4)5)20(2)18-22-30-21(19-33(22)25)31-27(36)37-16-17-40(7,8)9/h10,18-19,24H,1,11-17H2,2-9H3,(H,31,36)(H,34,35). The second-order valence-corrected chi connectivity index (χ2v) is 18.6. The highest BCUT2D eigenvalue weighted by molar-refractivity contribution is 6.76. The predicted octanol–water partition coefficient (Wildman–Crippen LogP) is 6.03. The van der Waals surface area contributed by atoms with Crippen LogP contribution in [0.2, 0.25) is 25.7 Å². The van der Waals surface area contributed by atoms with E-state index < -0.39 is 31.8 Å². The van der Waals surface area contributed by atoms with Gasteiger partial charge in [-0.15, -0.1) is 6.58 Å². The van der Waals surface area contributed by atoms with Gasteiger partial charge in [0.05, 0.1) is 30.6 Å². The number of pyridine rings is 1. The summed E-state index contributed by atoms with van der Waals surface area (Å²) in [5.74, 6) is -0.0557. The Morgan fingerprint density at radius 1 is 1.27 bits per heavy atom. The van der Waals surface area contributed by atoms with Crippen LogP contribution in [-0.4, -0.2) is 72.1 Å². The predicted molar refractivity (Wildman–Crippen MR) is 160 cm³/mol. The van der Waals surface area contributed by atoms with Crippen molar-refractivity contribution >= 4 is 37.4 Å². The van der Waals surface area contributed by atoms with Crippen molar-refractivity contribution in [2.24, 2.45) is 0 Å². The number of amides is 1. The maximum atomic E-state index is 12.6. The van der Waals surface area contributed by atoms with Gasteiger partial charge in [0.25, 0.3) is 0 Å². The van der Waals surface area contributed by atoms with Crippen LogP contribution in [0.1, 0.15) is 57.8 Å². The third-order valence-electron chi connectivity index (χ3n) is 6.92. The number of aryl methyl sites for hydroxylation is 1. The fourth-order valence-electron chi connectivity index (χ4n) is 4.72. The minimum atomic E-state index is -1.34. The number of carboxylic acid groups (broad SMARTS) is 1. The Morgan fingerprint density at radius 2 is 1.93 bits per heavy atom. The topological polar surface area (TPSA) is 115 Å². The fraction of sp³-hybridized carbons (Fsp3) is 0.621. The van der Waals surface area contributed by atoms with Crippen molar-refractivity contribution in [2.45, 2.75) is 90.5 Å². The summed E-state index contributed by atoms with van der Waals surface area (Å²) in [4.78, 5) is 31.9. The van der Waals surface area contributed by atoms with Gasteiger partial charge >= 0.3 is 12.1 Å². The van der Waals surface area contributed by atoms with Crippen LogP contribution in [0.25, 0.3) is 5.65 Å². The third-order valence-corrected chi connectivity index (χ3v) is 8.62. The summed E-state index contributed by atoms with van der Waals surface area (Å²) in [6.45, 7) is 22.0. The first-order valence-corrected chi connectivity index (χ1v) is 17.6. The number of fused-ring (bicyclic) bond motifs is 1. The second kappa shape index (κ2) is 12.3. The zero-order valence-electron chi connectivity index (χ0n) is 25.3. The minimum absolute atomic E-state index is 0.302. The van der Waals surface area contributed by atoms with Crippen LogP contribution < -0.4 is 10.2 Å². The summed E-state index contributed by atoms with van der Waals surface area (Å²) in [6, 6.07) is 2.69. The van der Waals surface area contributed by atoms with Gasteiger partial charge in [0.2, 0.25) is 0 Å². The Labute approximate surface area is 238 Å². The molecule has 1 saturated heterocycles. The van der Waals surface area contributed by atoms with Gasteiger partial charge in [-0.25, -0.2) is 14.6 Å². The Hall–Kier alpha value is -2.89. The number of aromatic nitrogens is 2. The van der Waals surface area contributed by atoms with Crippen molar-refractivity contribution in [2.75, 3.05) is 36.5 Å². The summed E-state index contributed by atoms with van der Waals surface area (Å²) in [5.41, 5.74) is 0.896. The van der Waals surface area contributed by atoms with E-state index in [0.717, 1.165) is 24.4 Å². The largest absolute Gasteiger partial charge is 0.479 e. The molecule has 11 heteroatoms. The monoisotopic (exact) mass is 574 g/mol. The summed E-state index contributed by atoms with van der Waals surface area (Å²) >= 11 is 0. The first kappa shape index (κ1) is 31.6. The Morgan fingerprint density at radius 3 is 2.48 bits per heavy atom. The molecule has 1 aliphatic heterocycles. The molecule has 1 unspecified atom stereocenters. The van der Waals surface area contributed by atoms with Crippen LogP contribution in [0, 0.1) is 6.92 Å². The zero-order chi connectivity index (χ0) is 29.9. The lowest BCUT2D eigenvalue weighted by Gasteiger charge is -2.41. The van der Waals surface area contributed by atoms with Gasteiger partial charge in [-0.05, 0) is 65.1 Å². The van der Waals surface area contributed by atoms with Crippen molar-refractivity contribution in [1.82, 2.24) is 9.38 Å². The highest BCUT2D eigenvalue weighted by atomic mass is 28.3. The highest BCUT2D eigenvalue weighted by Gasteiger charge is 2.37. The number of imidazole rings is 1. The molecule has 0 aromatic carbocycles. The molecule has 10 nitrogen and oxygen atoms in total. The van der Waals surface area contributed by atoms with Gasteiger partial charge in [0.1, 0.15) is 11.5 Å². The number of carboxylic acids is 1. The molecule has 0 spiro atoms. The van der Waals surface area contributed by atoms with Gasteiger partial charge in [-0.2, -0.15) is 0 Å². The Balaban J connectivity index is 2.03. The number of carbonyl (C=O) groups excluding carboxylic acids is 1. The summed E-state index contributed by atoms with van der Waals surface area (Å²) < 4.78 is 19.4. The third kappa shape index (κ3) is 8.31. The highest BCUT2D eigenvalue weighted by Crippen LogP contribution is 2.39. The number of piperidine rings is 1. The van der Waals surface area contributed by atoms with Crippen molar-refractivity contribution in [3.63, 3.8) is 0 Å². The number of nitrogens with one attached hydrogen (secondary N) is 1. The van der Waals surface area contributed by atoms with Crippen LogP contribution in [0.4, 0.5) is 16.4 Å². The fourth-order valence-corrected chi connectivity index (χ4v) is 5.44. The molecule has 1 fully saturated rings. The van der Waals surface area contributed by atoms with Crippen LogP contribution in [0.5, 0.6) is 0 Å². The smallest absolute Gasteiger partial charge is 0.412 e. The molecule has 0 radical (unpaired) electrons. The van der Waals surface area contributed by atoms with Gasteiger partial charge in [-0.1, -0.05) is 25.7 Å². The average Bonchev–Trinajstić information content (AvgIpc) is 3.21. The van der Waals surface area contributed by atoms with E-state index in [9.17, 15) is 14.7 Å². The zero-order valence-corrected chi connectivity index (χ0v) is 26.3. The molecule has 1 aliphatic rings. The maximum Gasteiger partial charge on any atom is 0.412 e. The van der Waals surface area contributed by atoms with Gasteiger partial charge in [0, 0.05) is 26.7 Å². The molecule has 0 saturated carbocycles. The van der Waals surface area contributed by atoms with E-state index in [2.05, 4.69) is 48.3 Å². The molecular formula is C29H46N4O6Si. The number of carbonyl (C=O) groups is 2. The number of hydrogen-bond acceptors (Lipinski definition) is 7. The SMILES string of the molecule is C=CCOC1(C)CCN(c2c(C(OC(C)(C)C)C(=O)O)c(C)cc3nc(NC(=O)OCC[Si](C)(C)C)cn23)CC1. The summed E-state index contributed by atoms with van der Waals surface area (Å²) in [7, 11) is -1.34. The van der Waals surface area contributed by atoms with Gasteiger partial charge in [-0.3, -0.25) is 9.72 Å². The number of ether oxygens (including phenoxy) is 3. The molecule has 1 atom stereocenters. The van der Waals surface area contributed by atoms with E-state index in [1.807, 2.05) is 38.2 Å². The molecule has 40 heavy (non-hydrogen) atoms. The summed E-state index contributed by atoms with van der Waals surface area (Å²) in [6.07, 6.45) is 3.19. The lowest BCUT2D eigenvalue weighted by atomic mass is 9.92. The van der Waals surface area contributed by atoms with E-state index in [1.165, 1.54) is 0 Å². The second-order valence-electron chi connectivity index (χ2n) is 13.0. The molecule has 3 heterocycles. The summed E-state index contributed by atoms with van der Waals surface area (Å²) in [5, 5.41) is 13.0. The average molecular weight is 575 g/mol. The molecule has 1 amide bonds. The Kier molecular flexibility index (Phi) is 9.74.